The number of hydrogen-bond donors (Lipinski definition) is 2. The number of hydrogen-bond acceptors (Lipinski definition) is 4. The molecule has 2 heterocycles. The van der Waals surface area contributed by atoms with E-state index in [1.807, 2.05) is 13.8 Å². The van der Waals surface area contributed by atoms with Gasteiger partial charge in [-0.3, -0.25) is 4.79 Å². The molecule has 1 aliphatic heterocycles. The molecule has 0 bridgehead atoms. The van der Waals surface area contributed by atoms with Crippen molar-refractivity contribution in [2.75, 3.05) is 13.7 Å². The number of likely N-dealkylation sites (tertiary alicyclic amines) is 1. The van der Waals surface area contributed by atoms with Gasteiger partial charge in [-0.2, -0.15) is 0 Å². The van der Waals surface area contributed by atoms with Crippen LogP contribution in [0, 0.1) is 17.4 Å². The van der Waals surface area contributed by atoms with Crippen LogP contribution in [0.15, 0.2) is 6.20 Å². The van der Waals surface area contributed by atoms with Gasteiger partial charge in [-0.05, 0) is 18.8 Å². The molecule has 1 aliphatic rings. The van der Waals surface area contributed by atoms with Crippen molar-refractivity contribution in [1.29, 1.82) is 0 Å². The van der Waals surface area contributed by atoms with E-state index in [2.05, 4.69) is 51.1 Å². The van der Waals surface area contributed by atoms with Crippen molar-refractivity contribution in [3.63, 3.8) is 0 Å². The summed E-state index contributed by atoms with van der Waals surface area (Å²) < 4.78 is 4.66. The lowest BCUT2D eigenvalue weighted by Gasteiger charge is -2.29. The second-order valence-corrected chi connectivity index (χ2v) is 13.0. The van der Waals surface area contributed by atoms with Crippen LogP contribution in [0.25, 0.3) is 0 Å². The smallest absolute Gasteiger partial charge is 0.407 e. The predicted octanol–water partition coefficient (Wildman–Crippen LogP) is 2.68. The van der Waals surface area contributed by atoms with Crippen molar-refractivity contribution in [3.8, 4) is 11.5 Å². The first-order valence-corrected chi connectivity index (χ1v) is 12.9. The van der Waals surface area contributed by atoms with E-state index in [-0.39, 0.29) is 17.9 Å². The fourth-order valence-corrected chi connectivity index (χ4v) is 3.53. The second-order valence-electron chi connectivity index (χ2n) is 8.23. The number of amides is 2. The van der Waals surface area contributed by atoms with Gasteiger partial charge in [0.05, 0.1) is 19.3 Å². The van der Waals surface area contributed by atoms with Crippen molar-refractivity contribution < 1.29 is 14.3 Å². The molecule has 1 aromatic rings. The van der Waals surface area contributed by atoms with Gasteiger partial charge in [0.1, 0.15) is 25.6 Å². The van der Waals surface area contributed by atoms with E-state index in [4.69, 9.17) is 0 Å². The third-order valence-corrected chi connectivity index (χ3v) is 5.29. The van der Waals surface area contributed by atoms with Crippen molar-refractivity contribution in [1.82, 2.24) is 20.2 Å². The zero-order valence-electron chi connectivity index (χ0n) is 17.0. The SMILES string of the molecule is COC(=O)N[C@H](C(=O)N1CCC[C@H]1c1ncc(C#C[Si](C)(C)C)[nH]1)C(C)C. The van der Waals surface area contributed by atoms with Crippen molar-refractivity contribution in [3.05, 3.63) is 17.7 Å². The van der Waals surface area contributed by atoms with Gasteiger partial charge in [-0.1, -0.05) is 39.4 Å². The summed E-state index contributed by atoms with van der Waals surface area (Å²) in [5.41, 5.74) is 4.09. The molecule has 0 saturated carbocycles. The maximum atomic E-state index is 13.1. The van der Waals surface area contributed by atoms with E-state index in [0.717, 1.165) is 24.4 Å². The van der Waals surface area contributed by atoms with Crippen LogP contribution in [0.5, 0.6) is 0 Å². The molecule has 2 N–H and O–H groups in total. The number of imidazole rings is 1. The third-order valence-electron chi connectivity index (χ3n) is 4.41. The van der Waals surface area contributed by atoms with Gasteiger partial charge in [-0.15, -0.1) is 5.54 Å². The summed E-state index contributed by atoms with van der Waals surface area (Å²) in [5.74, 6) is 3.76. The lowest BCUT2D eigenvalue weighted by Crippen LogP contribution is -2.51. The van der Waals surface area contributed by atoms with Crippen molar-refractivity contribution in [2.24, 2.45) is 5.92 Å². The third kappa shape index (κ3) is 5.60. The van der Waals surface area contributed by atoms with Gasteiger partial charge in [0.15, 0.2) is 0 Å². The Morgan fingerprint density at radius 1 is 1.41 bits per heavy atom. The van der Waals surface area contributed by atoms with Crippen LogP contribution in [-0.2, 0) is 9.53 Å². The number of carbonyl (C=O) groups is 2. The van der Waals surface area contributed by atoms with E-state index in [1.165, 1.54) is 7.11 Å². The van der Waals surface area contributed by atoms with Crippen LogP contribution in [0.2, 0.25) is 19.6 Å². The Kier molecular flexibility index (Phi) is 6.71. The van der Waals surface area contributed by atoms with Gasteiger partial charge in [-0.25, -0.2) is 9.78 Å². The highest BCUT2D eigenvalue weighted by Gasteiger charge is 2.37. The molecular weight excluding hydrogens is 360 g/mol. The highest BCUT2D eigenvalue weighted by atomic mass is 28.3. The second kappa shape index (κ2) is 8.61. The van der Waals surface area contributed by atoms with Crippen molar-refractivity contribution >= 4 is 20.1 Å². The molecule has 148 valence electrons. The number of methoxy groups -OCH3 is 1. The molecule has 1 fully saturated rings. The summed E-state index contributed by atoms with van der Waals surface area (Å²) in [4.78, 5) is 34.2. The number of H-pyrrole nitrogens is 1. The van der Waals surface area contributed by atoms with E-state index < -0.39 is 20.2 Å². The van der Waals surface area contributed by atoms with Crippen molar-refractivity contribution in [2.45, 2.75) is 58.4 Å². The van der Waals surface area contributed by atoms with Gasteiger partial charge >= 0.3 is 6.09 Å². The minimum absolute atomic E-state index is 0.0485. The van der Waals surface area contributed by atoms with Crippen LogP contribution in [0.4, 0.5) is 4.79 Å². The number of carbonyl (C=O) groups excluding carboxylic acids is 2. The molecule has 7 nitrogen and oxygen atoms in total. The Balaban J connectivity index is 2.18. The zero-order valence-corrected chi connectivity index (χ0v) is 18.0. The van der Waals surface area contributed by atoms with Gasteiger partial charge in [0, 0.05) is 6.54 Å². The topological polar surface area (TPSA) is 87.3 Å². The van der Waals surface area contributed by atoms with Crippen LogP contribution in [0.1, 0.15) is 44.2 Å². The fourth-order valence-electron chi connectivity index (χ4n) is 3.02. The number of rotatable bonds is 4. The summed E-state index contributed by atoms with van der Waals surface area (Å²) in [7, 11) is -0.173. The molecule has 2 amide bonds. The molecule has 2 atom stereocenters. The molecule has 0 radical (unpaired) electrons. The summed E-state index contributed by atoms with van der Waals surface area (Å²) >= 11 is 0. The molecule has 8 heteroatoms. The number of nitrogens with zero attached hydrogens (tertiary/aromatic N) is 2. The minimum atomic E-state index is -1.47. The minimum Gasteiger partial charge on any atom is -0.453 e. The number of nitrogens with one attached hydrogen (secondary N) is 2. The molecule has 0 spiro atoms. The average Bonchev–Trinajstić information content (AvgIpc) is 3.24. The highest BCUT2D eigenvalue weighted by molar-refractivity contribution is 6.83. The summed E-state index contributed by atoms with van der Waals surface area (Å²) in [6, 6.07) is -0.750. The summed E-state index contributed by atoms with van der Waals surface area (Å²) in [6.07, 6.45) is 2.87. The van der Waals surface area contributed by atoms with E-state index in [9.17, 15) is 9.59 Å². The van der Waals surface area contributed by atoms with Crippen LogP contribution in [-0.4, -0.2) is 54.6 Å². The predicted molar refractivity (Wildman–Crippen MR) is 107 cm³/mol. The molecule has 0 unspecified atom stereocenters. The first-order valence-electron chi connectivity index (χ1n) is 9.35. The Morgan fingerprint density at radius 2 is 2.11 bits per heavy atom. The van der Waals surface area contributed by atoms with E-state index in [1.54, 1.807) is 11.1 Å². The fraction of sp³-hybridized carbons (Fsp3) is 0.632. The molecule has 27 heavy (non-hydrogen) atoms. The monoisotopic (exact) mass is 390 g/mol. The Bertz CT molecular complexity index is 742. The number of alkyl carbamates (subject to hydrolysis) is 1. The number of ether oxygens (including phenoxy) is 1. The summed E-state index contributed by atoms with van der Waals surface area (Å²) in [6.45, 7) is 11.0. The van der Waals surface area contributed by atoms with Gasteiger partial charge < -0.3 is 19.9 Å². The van der Waals surface area contributed by atoms with Crippen LogP contribution < -0.4 is 5.32 Å². The molecule has 1 saturated heterocycles. The lowest BCUT2D eigenvalue weighted by atomic mass is 10.0. The highest BCUT2D eigenvalue weighted by Crippen LogP contribution is 2.31. The van der Waals surface area contributed by atoms with Crippen LogP contribution >= 0.6 is 0 Å². The number of aromatic nitrogens is 2. The molecule has 0 aliphatic carbocycles. The maximum absolute atomic E-state index is 13.1. The Labute approximate surface area is 162 Å². The van der Waals surface area contributed by atoms with E-state index >= 15 is 0 Å². The van der Waals surface area contributed by atoms with E-state index in [0.29, 0.717) is 6.54 Å². The zero-order chi connectivity index (χ0) is 20.2. The quantitative estimate of drug-likeness (QED) is 0.611. The normalized spacial score (nSPS) is 18.0. The molecule has 0 aromatic carbocycles. The Hall–Kier alpha value is -2.27. The molecular formula is C19H30N4O3Si. The first kappa shape index (κ1) is 21.0. The number of aromatic amines is 1. The molecule has 1 aromatic heterocycles. The summed E-state index contributed by atoms with van der Waals surface area (Å²) in [5, 5.41) is 2.66. The standard InChI is InChI=1S/C19H30N4O3Si/c1-13(2)16(22-19(25)26-3)18(24)23-10-7-8-15(23)17-20-12-14(21-17)9-11-27(4,5)6/h12-13,15-16H,7-8,10H2,1-6H3,(H,20,21)(H,22,25)/t15-,16-/m0/s1. The van der Waals surface area contributed by atoms with Crippen LogP contribution in [0.3, 0.4) is 0 Å². The molecule has 2 rings (SSSR count). The first-order chi connectivity index (χ1) is 12.6. The maximum Gasteiger partial charge on any atom is 0.407 e. The Morgan fingerprint density at radius 3 is 2.70 bits per heavy atom. The lowest BCUT2D eigenvalue weighted by molar-refractivity contribution is -0.135. The average molecular weight is 391 g/mol. The largest absolute Gasteiger partial charge is 0.453 e. The van der Waals surface area contributed by atoms with Gasteiger partial charge in [0.25, 0.3) is 0 Å². The van der Waals surface area contributed by atoms with Gasteiger partial charge in [0.2, 0.25) is 5.91 Å².